The first kappa shape index (κ1) is 13.1. The summed E-state index contributed by atoms with van der Waals surface area (Å²) in [6.07, 6.45) is 3.90. The molecule has 0 fully saturated rings. The molecule has 3 rings (SSSR count). The Balaban J connectivity index is 1.98. The van der Waals surface area contributed by atoms with Crippen molar-refractivity contribution in [2.75, 3.05) is 0 Å². The van der Waals surface area contributed by atoms with Gasteiger partial charge in [-0.05, 0) is 39.2 Å². The molecule has 0 aliphatic rings. The smallest absolute Gasteiger partial charge is 0.0787 e. The summed E-state index contributed by atoms with van der Waals surface area (Å²) in [5.41, 5.74) is 10.0. The van der Waals surface area contributed by atoms with Gasteiger partial charge in [-0.25, -0.2) is 4.68 Å². The molecule has 0 bridgehead atoms. The minimum absolute atomic E-state index is 0.535. The second-order valence-electron chi connectivity index (χ2n) is 4.53. The fourth-order valence-corrected chi connectivity index (χ4v) is 2.71. The Morgan fingerprint density at radius 1 is 1.05 bits per heavy atom. The summed E-state index contributed by atoms with van der Waals surface area (Å²) < 4.78 is 2.86. The van der Waals surface area contributed by atoms with Gasteiger partial charge < -0.3 is 5.73 Å². The molecule has 3 nitrogen and oxygen atoms in total. The lowest BCUT2D eigenvalue weighted by molar-refractivity contribution is 0.874. The van der Waals surface area contributed by atoms with Gasteiger partial charge in [-0.3, -0.25) is 0 Å². The van der Waals surface area contributed by atoms with Gasteiger partial charge in [0, 0.05) is 22.8 Å². The molecule has 3 aromatic rings. The van der Waals surface area contributed by atoms with Gasteiger partial charge in [0.15, 0.2) is 0 Å². The predicted molar refractivity (Wildman–Crippen MR) is 84.6 cm³/mol. The number of rotatable bonds is 3. The lowest BCUT2D eigenvalue weighted by Gasteiger charge is -2.06. The number of hydrogen-bond acceptors (Lipinski definition) is 2. The van der Waals surface area contributed by atoms with Crippen LogP contribution in [0.2, 0.25) is 0 Å². The molecule has 0 aliphatic carbocycles. The first-order valence-corrected chi connectivity index (χ1v) is 7.16. The van der Waals surface area contributed by atoms with Crippen molar-refractivity contribution in [3.8, 4) is 16.8 Å². The lowest BCUT2D eigenvalue weighted by atomic mass is 10.1. The van der Waals surface area contributed by atoms with E-state index >= 15 is 0 Å². The van der Waals surface area contributed by atoms with Crippen molar-refractivity contribution in [2.45, 2.75) is 6.54 Å². The number of hydrogen-bond donors (Lipinski definition) is 1. The van der Waals surface area contributed by atoms with Crippen LogP contribution in [0, 0.1) is 0 Å². The van der Waals surface area contributed by atoms with Crippen LogP contribution in [0.5, 0.6) is 0 Å². The topological polar surface area (TPSA) is 43.8 Å². The Labute approximate surface area is 126 Å². The maximum Gasteiger partial charge on any atom is 0.0787 e. The molecule has 4 heteroatoms. The number of aromatic nitrogens is 2. The third-order valence-electron chi connectivity index (χ3n) is 3.18. The minimum Gasteiger partial charge on any atom is -0.326 e. The van der Waals surface area contributed by atoms with Gasteiger partial charge in [0.1, 0.15) is 0 Å². The zero-order valence-electron chi connectivity index (χ0n) is 10.8. The number of benzene rings is 2. The van der Waals surface area contributed by atoms with Crippen molar-refractivity contribution in [3.63, 3.8) is 0 Å². The molecule has 0 spiro atoms. The van der Waals surface area contributed by atoms with Crippen LogP contribution >= 0.6 is 15.9 Å². The molecule has 0 unspecified atom stereocenters. The molecule has 0 atom stereocenters. The molecule has 20 heavy (non-hydrogen) atoms. The van der Waals surface area contributed by atoms with Crippen molar-refractivity contribution < 1.29 is 0 Å². The van der Waals surface area contributed by atoms with Crippen molar-refractivity contribution >= 4 is 15.9 Å². The van der Waals surface area contributed by atoms with E-state index in [2.05, 4.69) is 33.2 Å². The molecule has 100 valence electrons. The average molecular weight is 328 g/mol. The van der Waals surface area contributed by atoms with Crippen LogP contribution in [0.3, 0.4) is 0 Å². The molecular weight excluding hydrogens is 314 g/mol. The van der Waals surface area contributed by atoms with E-state index in [9.17, 15) is 0 Å². The van der Waals surface area contributed by atoms with Crippen LogP contribution in [0.4, 0.5) is 0 Å². The highest BCUT2D eigenvalue weighted by Crippen LogP contribution is 2.25. The third kappa shape index (κ3) is 2.53. The Morgan fingerprint density at radius 3 is 2.55 bits per heavy atom. The molecule has 0 radical (unpaired) electrons. The van der Waals surface area contributed by atoms with Gasteiger partial charge in [-0.15, -0.1) is 0 Å². The molecule has 0 aliphatic heterocycles. The van der Waals surface area contributed by atoms with E-state index in [1.165, 1.54) is 0 Å². The first-order chi connectivity index (χ1) is 9.78. The number of halogens is 1. The SMILES string of the molecule is NCc1ccc(-n2cc(-c3ccccc3)cn2)c(Br)c1. The van der Waals surface area contributed by atoms with E-state index in [0.29, 0.717) is 6.54 Å². The van der Waals surface area contributed by atoms with Gasteiger partial charge in [0.05, 0.1) is 11.9 Å². The predicted octanol–water partition coefficient (Wildman–Crippen LogP) is 3.76. The molecular formula is C16H14BrN3. The van der Waals surface area contributed by atoms with Crippen LogP contribution in [-0.2, 0) is 6.54 Å². The average Bonchev–Trinajstić information content (AvgIpc) is 2.97. The normalized spacial score (nSPS) is 10.7. The summed E-state index contributed by atoms with van der Waals surface area (Å²) in [7, 11) is 0. The maximum atomic E-state index is 5.64. The van der Waals surface area contributed by atoms with Crippen molar-refractivity contribution in [3.05, 3.63) is 71.0 Å². The molecule has 2 N–H and O–H groups in total. The Morgan fingerprint density at radius 2 is 1.85 bits per heavy atom. The van der Waals surface area contributed by atoms with Gasteiger partial charge in [0.2, 0.25) is 0 Å². The lowest BCUT2D eigenvalue weighted by Crippen LogP contribution is -1.99. The fraction of sp³-hybridized carbons (Fsp3) is 0.0625. The second kappa shape index (κ2) is 5.61. The standard InChI is InChI=1S/C16H14BrN3/c17-15-8-12(9-18)6-7-16(15)20-11-14(10-19-20)13-4-2-1-3-5-13/h1-8,10-11H,9,18H2. The van der Waals surface area contributed by atoms with Crippen molar-refractivity contribution in [2.24, 2.45) is 5.73 Å². The summed E-state index contributed by atoms with van der Waals surface area (Å²) in [5, 5.41) is 4.43. The molecule has 1 aromatic heterocycles. The zero-order valence-corrected chi connectivity index (χ0v) is 12.4. The number of nitrogens with two attached hydrogens (primary N) is 1. The van der Waals surface area contributed by atoms with Crippen LogP contribution in [0.15, 0.2) is 65.4 Å². The van der Waals surface area contributed by atoms with E-state index in [0.717, 1.165) is 26.9 Å². The molecule has 0 saturated carbocycles. The number of nitrogens with zero attached hydrogens (tertiary/aromatic N) is 2. The van der Waals surface area contributed by atoms with Crippen LogP contribution < -0.4 is 5.73 Å². The van der Waals surface area contributed by atoms with Gasteiger partial charge in [0.25, 0.3) is 0 Å². The van der Waals surface area contributed by atoms with Gasteiger partial charge in [-0.2, -0.15) is 5.10 Å². The first-order valence-electron chi connectivity index (χ1n) is 6.37. The highest BCUT2D eigenvalue weighted by Gasteiger charge is 2.06. The molecule has 0 amide bonds. The van der Waals surface area contributed by atoms with Crippen LogP contribution in [-0.4, -0.2) is 9.78 Å². The van der Waals surface area contributed by atoms with Gasteiger partial charge >= 0.3 is 0 Å². The minimum atomic E-state index is 0.535. The highest BCUT2D eigenvalue weighted by molar-refractivity contribution is 9.10. The summed E-state index contributed by atoms with van der Waals surface area (Å²) in [4.78, 5) is 0. The van der Waals surface area contributed by atoms with Crippen molar-refractivity contribution in [1.82, 2.24) is 9.78 Å². The van der Waals surface area contributed by atoms with E-state index in [4.69, 9.17) is 5.73 Å². The van der Waals surface area contributed by atoms with E-state index in [1.807, 2.05) is 53.5 Å². The third-order valence-corrected chi connectivity index (χ3v) is 3.82. The summed E-state index contributed by atoms with van der Waals surface area (Å²) in [6, 6.07) is 16.3. The van der Waals surface area contributed by atoms with E-state index < -0.39 is 0 Å². The molecule has 1 heterocycles. The highest BCUT2D eigenvalue weighted by atomic mass is 79.9. The summed E-state index contributed by atoms with van der Waals surface area (Å²) in [5.74, 6) is 0. The molecule has 0 saturated heterocycles. The second-order valence-corrected chi connectivity index (χ2v) is 5.38. The quantitative estimate of drug-likeness (QED) is 0.795. The monoisotopic (exact) mass is 327 g/mol. The van der Waals surface area contributed by atoms with Crippen LogP contribution in [0.25, 0.3) is 16.8 Å². The Bertz CT molecular complexity index is 720. The van der Waals surface area contributed by atoms with E-state index in [-0.39, 0.29) is 0 Å². The largest absolute Gasteiger partial charge is 0.326 e. The Hall–Kier alpha value is -1.91. The fourth-order valence-electron chi connectivity index (χ4n) is 2.10. The summed E-state index contributed by atoms with van der Waals surface area (Å²) >= 11 is 3.57. The van der Waals surface area contributed by atoms with Gasteiger partial charge in [-0.1, -0.05) is 36.4 Å². The summed E-state index contributed by atoms with van der Waals surface area (Å²) in [6.45, 7) is 0.535. The molecule has 2 aromatic carbocycles. The van der Waals surface area contributed by atoms with Crippen LogP contribution in [0.1, 0.15) is 5.56 Å². The Kier molecular flexibility index (Phi) is 3.67. The van der Waals surface area contributed by atoms with E-state index in [1.54, 1.807) is 0 Å². The maximum absolute atomic E-state index is 5.64. The van der Waals surface area contributed by atoms with Crippen molar-refractivity contribution in [1.29, 1.82) is 0 Å². The zero-order chi connectivity index (χ0) is 13.9.